The Morgan fingerprint density at radius 3 is 2.38 bits per heavy atom. The molecule has 0 atom stereocenters. The monoisotopic (exact) mass is 395 g/mol. The average molecular weight is 396 g/mol. The summed E-state index contributed by atoms with van der Waals surface area (Å²) >= 11 is 6.01. The predicted octanol–water partition coefficient (Wildman–Crippen LogP) is 2.90. The summed E-state index contributed by atoms with van der Waals surface area (Å²) in [4.78, 5) is 12.4. The van der Waals surface area contributed by atoms with E-state index in [-0.39, 0.29) is 11.4 Å². The number of hydrogen-bond donors (Lipinski definition) is 0. The van der Waals surface area contributed by atoms with E-state index in [4.69, 9.17) is 11.6 Å². The Morgan fingerprint density at radius 1 is 1.04 bits per heavy atom. The molecular formula is C17H18ClN3O4S. The number of nitro groups is 1. The highest BCUT2D eigenvalue weighted by Gasteiger charge is 2.27. The van der Waals surface area contributed by atoms with Crippen molar-refractivity contribution in [2.75, 3.05) is 31.1 Å². The van der Waals surface area contributed by atoms with Crippen LogP contribution in [0.4, 0.5) is 11.4 Å². The summed E-state index contributed by atoms with van der Waals surface area (Å²) in [6.07, 6.45) is 0. The number of non-ortho nitro benzene ring substituents is 1. The maximum absolute atomic E-state index is 12.6. The molecule has 26 heavy (non-hydrogen) atoms. The second-order valence-corrected chi connectivity index (χ2v) is 8.45. The van der Waals surface area contributed by atoms with Crippen LogP contribution in [-0.2, 0) is 15.8 Å². The number of anilines is 1. The van der Waals surface area contributed by atoms with Gasteiger partial charge in [-0.1, -0.05) is 29.8 Å². The first-order valence-electron chi connectivity index (χ1n) is 8.07. The van der Waals surface area contributed by atoms with Crippen LogP contribution in [0.1, 0.15) is 5.56 Å². The van der Waals surface area contributed by atoms with E-state index >= 15 is 0 Å². The molecule has 0 radical (unpaired) electrons. The van der Waals surface area contributed by atoms with E-state index in [2.05, 4.69) is 4.90 Å². The maximum Gasteiger partial charge on any atom is 0.269 e. The van der Waals surface area contributed by atoms with Crippen molar-refractivity contribution in [1.29, 1.82) is 0 Å². The minimum absolute atomic E-state index is 0.108. The Bertz CT molecular complexity index is 912. The van der Waals surface area contributed by atoms with Gasteiger partial charge >= 0.3 is 0 Å². The normalized spacial score (nSPS) is 15.8. The van der Waals surface area contributed by atoms with Gasteiger partial charge in [0.1, 0.15) is 0 Å². The van der Waals surface area contributed by atoms with E-state index in [1.165, 1.54) is 22.5 Å². The lowest BCUT2D eigenvalue weighted by molar-refractivity contribution is -0.384. The topological polar surface area (TPSA) is 83.8 Å². The molecule has 3 rings (SSSR count). The number of nitrogens with zero attached hydrogens (tertiary/aromatic N) is 3. The molecule has 138 valence electrons. The molecule has 0 spiro atoms. The first-order valence-corrected chi connectivity index (χ1v) is 10.1. The van der Waals surface area contributed by atoms with Gasteiger partial charge in [-0.15, -0.1) is 0 Å². The van der Waals surface area contributed by atoms with Crippen molar-refractivity contribution in [1.82, 2.24) is 4.31 Å². The number of rotatable bonds is 5. The number of benzene rings is 2. The molecule has 2 aromatic rings. The van der Waals surface area contributed by atoms with Crippen molar-refractivity contribution >= 4 is 33.0 Å². The molecule has 0 N–H and O–H groups in total. The van der Waals surface area contributed by atoms with Crippen LogP contribution >= 0.6 is 11.6 Å². The smallest absolute Gasteiger partial charge is 0.269 e. The summed E-state index contributed by atoms with van der Waals surface area (Å²) in [5.74, 6) is -0.244. The first-order chi connectivity index (χ1) is 12.3. The minimum atomic E-state index is -3.53. The van der Waals surface area contributed by atoms with Crippen LogP contribution in [0.3, 0.4) is 0 Å². The maximum atomic E-state index is 12.6. The van der Waals surface area contributed by atoms with Gasteiger partial charge in [0, 0.05) is 49.0 Å². The summed E-state index contributed by atoms with van der Waals surface area (Å²) in [6, 6.07) is 13.2. The van der Waals surface area contributed by atoms with Crippen molar-refractivity contribution in [3.8, 4) is 0 Å². The van der Waals surface area contributed by atoms with Gasteiger partial charge in [-0.25, -0.2) is 8.42 Å². The molecule has 0 unspecified atom stereocenters. The van der Waals surface area contributed by atoms with E-state index in [0.717, 1.165) is 5.69 Å². The van der Waals surface area contributed by atoms with E-state index in [1.54, 1.807) is 12.1 Å². The molecule has 0 saturated carbocycles. The molecule has 9 heteroatoms. The zero-order valence-corrected chi connectivity index (χ0v) is 15.5. The molecule has 1 aliphatic rings. The highest BCUT2D eigenvalue weighted by molar-refractivity contribution is 7.88. The minimum Gasteiger partial charge on any atom is -0.369 e. The number of halogens is 1. The van der Waals surface area contributed by atoms with Crippen LogP contribution < -0.4 is 4.90 Å². The van der Waals surface area contributed by atoms with Gasteiger partial charge in [-0.3, -0.25) is 10.1 Å². The fraction of sp³-hybridized carbons (Fsp3) is 0.294. The zero-order valence-electron chi connectivity index (χ0n) is 13.9. The van der Waals surface area contributed by atoms with Gasteiger partial charge in [0.15, 0.2) is 0 Å². The van der Waals surface area contributed by atoms with Crippen LogP contribution in [0.5, 0.6) is 0 Å². The van der Waals surface area contributed by atoms with Gasteiger partial charge in [0.05, 0.1) is 10.7 Å². The Hall–Kier alpha value is -2.16. The fourth-order valence-corrected chi connectivity index (χ4v) is 4.65. The molecule has 2 aromatic carbocycles. The highest BCUT2D eigenvalue weighted by Crippen LogP contribution is 2.23. The van der Waals surface area contributed by atoms with Crippen molar-refractivity contribution in [2.45, 2.75) is 5.75 Å². The summed E-state index contributed by atoms with van der Waals surface area (Å²) in [5, 5.41) is 11.5. The van der Waals surface area contributed by atoms with Crippen LogP contribution in [0.25, 0.3) is 0 Å². The Balaban J connectivity index is 1.66. The quantitative estimate of drug-likeness (QED) is 0.574. The van der Waals surface area contributed by atoms with Gasteiger partial charge in [-0.2, -0.15) is 4.31 Å². The Kier molecular flexibility index (Phi) is 5.45. The molecule has 0 bridgehead atoms. The lowest BCUT2D eigenvalue weighted by Crippen LogP contribution is -2.49. The van der Waals surface area contributed by atoms with Gasteiger partial charge in [0.25, 0.3) is 5.69 Å². The summed E-state index contributed by atoms with van der Waals surface area (Å²) in [5.41, 5.74) is 1.27. The van der Waals surface area contributed by atoms with E-state index < -0.39 is 14.9 Å². The standard InChI is InChI=1S/C17H18ClN3O4S/c18-15-4-2-5-16(12-15)19-7-9-20(10-8-19)26(24,25)13-14-3-1-6-17(11-14)21(22)23/h1-6,11-12H,7-10,13H2. The third-order valence-corrected chi connectivity index (χ3v) is 6.36. The van der Waals surface area contributed by atoms with Crippen molar-refractivity contribution in [2.24, 2.45) is 0 Å². The van der Waals surface area contributed by atoms with Crippen molar-refractivity contribution < 1.29 is 13.3 Å². The van der Waals surface area contributed by atoms with E-state index in [9.17, 15) is 18.5 Å². The van der Waals surface area contributed by atoms with Crippen LogP contribution in [-0.4, -0.2) is 43.8 Å². The molecule has 0 aliphatic carbocycles. The summed E-state index contributed by atoms with van der Waals surface area (Å²) in [6.45, 7) is 1.86. The third kappa shape index (κ3) is 4.32. The van der Waals surface area contributed by atoms with Crippen LogP contribution in [0, 0.1) is 10.1 Å². The lowest BCUT2D eigenvalue weighted by atomic mass is 10.2. The number of hydrogen-bond acceptors (Lipinski definition) is 5. The van der Waals surface area contributed by atoms with Gasteiger partial charge < -0.3 is 4.90 Å². The second-order valence-electron chi connectivity index (χ2n) is 6.05. The SMILES string of the molecule is O=[N+]([O-])c1cccc(CS(=O)(=O)N2CCN(c3cccc(Cl)c3)CC2)c1. The molecule has 1 saturated heterocycles. The molecule has 0 aromatic heterocycles. The number of nitro benzene ring substituents is 1. The lowest BCUT2D eigenvalue weighted by Gasteiger charge is -2.35. The van der Waals surface area contributed by atoms with Crippen molar-refractivity contribution in [3.05, 3.63) is 69.2 Å². The Morgan fingerprint density at radius 2 is 1.73 bits per heavy atom. The summed E-state index contributed by atoms with van der Waals surface area (Å²) in [7, 11) is -3.53. The van der Waals surface area contributed by atoms with Gasteiger partial charge in [0.2, 0.25) is 10.0 Å². The van der Waals surface area contributed by atoms with Crippen LogP contribution in [0.15, 0.2) is 48.5 Å². The Labute approximate surface area is 157 Å². The first kappa shape index (κ1) is 18.6. The van der Waals surface area contributed by atoms with Crippen LogP contribution in [0.2, 0.25) is 5.02 Å². The second kappa shape index (κ2) is 7.61. The average Bonchev–Trinajstić information content (AvgIpc) is 2.62. The van der Waals surface area contributed by atoms with Crippen molar-refractivity contribution in [3.63, 3.8) is 0 Å². The molecular weight excluding hydrogens is 378 g/mol. The molecule has 1 fully saturated rings. The largest absolute Gasteiger partial charge is 0.369 e. The molecule has 0 amide bonds. The number of piperazine rings is 1. The third-order valence-electron chi connectivity index (χ3n) is 4.28. The molecule has 1 aliphatic heterocycles. The fourth-order valence-electron chi connectivity index (χ4n) is 2.96. The number of sulfonamides is 1. The van der Waals surface area contributed by atoms with E-state index in [0.29, 0.717) is 36.8 Å². The zero-order chi connectivity index (χ0) is 18.7. The van der Waals surface area contributed by atoms with Gasteiger partial charge in [-0.05, 0) is 23.8 Å². The van der Waals surface area contributed by atoms with E-state index in [1.807, 2.05) is 18.2 Å². The summed E-state index contributed by atoms with van der Waals surface area (Å²) < 4.78 is 26.7. The molecule has 1 heterocycles. The predicted molar refractivity (Wildman–Crippen MR) is 101 cm³/mol. The molecule has 7 nitrogen and oxygen atoms in total. The highest BCUT2D eigenvalue weighted by atomic mass is 35.5.